The van der Waals surface area contributed by atoms with Crippen LogP contribution >= 0.6 is 0 Å². The van der Waals surface area contributed by atoms with Gasteiger partial charge < -0.3 is 65.0 Å². The summed E-state index contributed by atoms with van der Waals surface area (Å²) in [5.74, 6) is -1.51. The minimum atomic E-state index is -1.09. The molecular weight excluding hydrogens is 1000 g/mol. The van der Waals surface area contributed by atoms with Crippen molar-refractivity contribution >= 4 is 47.7 Å². The van der Waals surface area contributed by atoms with Gasteiger partial charge in [-0.25, -0.2) is 14.4 Å². The molecule has 0 aliphatic carbocycles. The topological polar surface area (TPSA) is 287 Å². The molecule has 0 saturated carbocycles. The molecule has 0 radical (unpaired) electrons. The van der Waals surface area contributed by atoms with Crippen molar-refractivity contribution in [2.45, 2.75) is 179 Å². The van der Waals surface area contributed by atoms with Gasteiger partial charge in [0.05, 0.1) is 32.5 Å². The highest BCUT2D eigenvalue weighted by atomic mass is 16.6. The molecule has 424 valence electrons. The fourth-order valence-corrected chi connectivity index (χ4v) is 9.55. The number of para-hydroxylation sites is 2. The van der Waals surface area contributed by atoms with Crippen molar-refractivity contribution in [2.75, 3.05) is 40.5 Å². The van der Waals surface area contributed by atoms with Crippen LogP contribution in [-0.2, 0) is 47.7 Å². The van der Waals surface area contributed by atoms with Crippen LogP contribution in [0.15, 0.2) is 48.5 Å². The predicted octanol–water partition coefficient (Wildman–Crippen LogP) is 4.12. The third-order valence-corrected chi connectivity index (χ3v) is 14.0. The van der Waals surface area contributed by atoms with Crippen molar-refractivity contribution < 1.29 is 71.9 Å². The van der Waals surface area contributed by atoms with Gasteiger partial charge in [-0.2, -0.15) is 0 Å². The summed E-state index contributed by atoms with van der Waals surface area (Å²) < 4.78 is 33.2. The Hall–Kier alpha value is -6.72. The zero-order chi connectivity index (χ0) is 56.5. The van der Waals surface area contributed by atoms with Crippen LogP contribution in [0.1, 0.15) is 130 Å². The van der Waals surface area contributed by atoms with E-state index in [0.717, 1.165) is 40.6 Å². The first kappa shape index (κ1) is 59.5. The highest BCUT2D eigenvalue weighted by Crippen LogP contribution is 2.35. The van der Waals surface area contributed by atoms with E-state index in [0.29, 0.717) is 38.7 Å². The first-order chi connectivity index (χ1) is 36.3. The number of aliphatic carboxylic acids is 1. The number of carboxylic acids is 1. The number of amides is 7. The maximum atomic E-state index is 13.6. The summed E-state index contributed by atoms with van der Waals surface area (Å²) in [6.45, 7) is 15.2. The normalized spacial score (nSPS) is 25.3. The van der Waals surface area contributed by atoms with E-state index in [4.69, 9.17) is 34.2 Å². The van der Waals surface area contributed by atoms with Crippen molar-refractivity contribution in [3.63, 3.8) is 0 Å². The molecule has 6 aliphatic rings. The Balaban J connectivity index is 0.000000214. The number of rotatable bonds is 9. The van der Waals surface area contributed by atoms with Crippen LogP contribution in [-0.4, -0.2) is 173 Å². The van der Waals surface area contributed by atoms with Gasteiger partial charge in [-0.3, -0.25) is 33.8 Å². The molecule has 2 aromatic rings. The van der Waals surface area contributed by atoms with Gasteiger partial charge in [0.25, 0.3) is 0 Å². The molecule has 6 aliphatic heterocycles. The first-order valence-corrected chi connectivity index (χ1v) is 26.4. The lowest BCUT2D eigenvalue weighted by atomic mass is 10.00. The van der Waals surface area contributed by atoms with Gasteiger partial charge in [-0.1, -0.05) is 36.4 Å². The van der Waals surface area contributed by atoms with Gasteiger partial charge in [-0.15, -0.1) is 0 Å². The SMILES string of the molecule is C[C@@H](C(=O)N[C@H]1CCO[C@H]2CC[C@@H](C(=O)N[C@@H]3CCOc4ccccc43)N2C1=O)N(C)C(=O)OC(C)(C)C.C[C@@H](C(=O)N[C@H]1CCO[C@H]2CC[C@@H](C(=O)O)N2C1=O)N(C)C(=O)OC(C)(C)C.N[C@H]1CCOc2ccccc21. The lowest BCUT2D eigenvalue weighted by Crippen LogP contribution is -2.57. The van der Waals surface area contributed by atoms with Gasteiger partial charge in [0, 0.05) is 56.9 Å². The number of carboxylic acid groups (broad SMARTS) is 1. The van der Waals surface area contributed by atoms with Crippen LogP contribution in [0.3, 0.4) is 0 Å². The molecule has 6 N–H and O–H groups in total. The van der Waals surface area contributed by atoms with Crippen LogP contribution in [0.2, 0.25) is 0 Å². The Kier molecular flexibility index (Phi) is 19.8. The number of hydrogen-bond donors (Lipinski definition) is 5. The average molecular weight is 1080 g/mol. The fraction of sp³-hybridized carbons (Fsp3) is 0.630. The lowest BCUT2D eigenvalue weighted by molar-refractivity contribution is -0.155. The molecule has 0 spiro atoms. The van der Waals surface area contributed by atoms with Crippen LogP contribution in [0.5, 0.6) is 11.5 Å². The summed E-state index contributed by atoms with van der Waals surface area (Å²) in [5.41, 5.74) is 6.51. The molecule has 0 aromatic heterocycles. The number of nitrogens with one attached hydrogen (secondary N) is 3. The molecule has 10 atom stereocenters. The molecule has 77 heavy (non-hydrogen) atoms. The second-order valence-corrected chi connectivity index (χ2v) is 21.9. The standard InChI is InChI=1S/C27H38N4O7.C18H29N3O7.C9H11NO/c1-16(30(5)26(35)38-27(2,3)4)23(32)29-19-13-15-37-22-11-10-20(31(22)25(19)34)24(33)28-18-12-14-36-21-9-7-6-8-17(18)21;1-10(20(5)17(26)28-18(2,3)4)14(22)19-11-8-9-27-13-7-6-12(16(24)25)21(13)15(11)23;10-8-5-6-11-9-4-2-1-3-7(8)9/h6-9,16,18-20,22H,10-15H2,1-5H3,(H,28,33)(H,29,32);10-13H,6-9H2,1-5H3,(H,19,22)(H,24,25);1-4,8H,5-6,10H2/t16-,18+,19-,20-,22-;10-,11-,12-,13-;8-/m000/s1. The third kappa shape index (κ3) is 15.3. The minimum Gasteiger partial charge on any atom is -0.493 e. The van der Waals surface area contributed by atoms with Gasteiger partial charge in [0.15, 0.2) is 0 Å². The molecule has 23 heteroatoms. The summed E-state index contributed by atoms with van der Waals surface area (Å²) in [7, 11) is 2.91. The maximum absolute atomic E-state index is 13.6. The van der Waals surface area contributed by atoms with E-state index < -0.39 is 95.8 Å². The zero-order valence-corrected chi connectivity index (χ0v) is 45.9. The van der Waals surface area contributed by atoms with Gasteiger partial charge in [0.1, 0.15) is 71.4 Å². The summed E-state index contributed by atoms with van der Waals surface area (Å²) in [5, 5.41) is 17.8. The van der Waals surface area contributed by atoms with Crippen molar-refractivity contribution in [1.29, 1.82) is 0 Å². The molecule has 2 aromatic carbocycles. The first-order valence-electron chi connectivity index (χ1n) is 26.4. The Morgan fingerprint density at radius 3 is 1.48 bits per heavy atom. The number of likely N-dealkylation sites (N-methyl/N-ethyl adjacent to an activating group) is 2. The monoisotopic (exact) mass is 1080 g/mol. The number of fused-ring (bicyclic) bond motifs is 4. The molecule has 23 nitrogen and oxygen atoms in total. The van der Waals surface area contributed by atoms with Crippen LogP contribution in [0.25, 0.3) is 0 Å². The predicted molar refractivity (Wildman–Crippen MR) is 278 cm³/mol. The van der Waals surface area contributed by atoms with E-state index in [9.17, 15) is 43.5 Å². The van der Waals surface area contributed by atoms with Gasteiger partial charge in [-0.05, 0) is 93.2 Å². The second-order valence-electron chi connectivity index (χ2n) is 21.9. The molecule has 4 fully saturated rings. The molecule has 6 heterocycles. The van der Waals surface area contributed by atoms with Crippen LogP contribution < -0.4 is 31.2 Å². The Morgan fingerprint density at radius 2 is 1.01 bits per heavy atom. The number of ether oxygens (including phenoxy) is 6. The van der Waals surface area contributed by atoms with E-state index >= 15 is 0 Å². The number of carbonyl (C=O) groups excluding carboxylic acids is 7. The maximum Gasteiger partial charge on any atom is 0.410 e. The molecule has 0 bridgehead atoms. The fourth-order valence-electron chi connectivity index (χ4n) is 9.55. The Morgan fingerprint density at radius 1 is 0.597 bits per heavy atom. The van der Waals surface area contributed by atoms with Crippen molar-refractivity contribution in [1.82, 2.24) is 35.6 Å². The summed E-state index contributed by atoms with van der Waals surface area (Å²) >= 11 is 0. The number of nitrogens with two attached hydrogens (primary N) is 1. The Labute approximate surface area is 450 Å². The summed E-state index contributed by atoms with van der Waals surface area (Å²) in [6.07, 6.45) is 1.40. The highest BCUT2D eigenvalue weighted by Gasteiger charge is 2.48. The number of carbonyl (C=O) groups is 8. The number of benzene rings is 2. The van der Waals surface area contributed by atoms with Crippen LogP contribution in [0.4, 0.5) is 9.59 Å². The van der Waals surface area contributed by atoms with Gasteiger partial charge >= 0.3 is 18.2 Å². The highest BCUT2D eigenvalue weighted by molar-refractivity contribution is 5.95. The lowest BCUT2D eigenvalue weighted by Gasteiger charge is -2.33. The molecular formula is C54H78N8O15. The average Bonchev–Trinajstić information content (AvgIpc) is 3.97. The second kappa shape index (κ2) is 25.6. The van der Waals surface area contributed by atoms with E-state index in [1.165, 1.54) is 35.7 Å². The van der Waals surface area contributed by atoms with Crippen molar-refractivity contribution in [3.05, 3.63) is 59.7 Å². The van der Waals surface area contributed by atoms with E-state index in [1.807, 2.05) is 48.5 Å². The minimum absolute atomic E-state index is 0.167. The summed E-state index contributed by atoms with van der Waals surface area (Å²) in [4.78, 5) is 106. The molecule has 4 saturated heterocycles. The number of nitrogens with zero attached hydrogens (tertiary/aromatic N) is 4. The Bertz CT molecular complexity index is 2460. The third-order valence-electron chi connectivity index (χ3n) is 14.0. The largest absolute Gasteiger partial charge is 0.493 e. The molecule has 8 rings (SSSR count). The molecule has 7 amide bonds. The van der Waals surface area contributed by atoms with Gasteiger partial charge in [0.2, 0.25) is 29.5 Å². The summed E-state index contributed by atoms with van der Waals surface area (Å²) in [6, 6.07) is 10.3. The van der Waals surface area contributed by atoms with Crippen LogP contribution in [0, 0.1) is 0 Å². The van der Waals surface area contributed by atoms with E-state index in [1.54, 1.807) is 48.5 Å². The zero-order valence-electron chi connectivity index (χ0n) is 45.9. The van der Waals surface area contributed by atoms with Crippen molar-refractivity contribution in [2.24, 2.45) is 5.73 Å². The van der Waals surface area contributed by atoms with Crippen molar-refractivity contribution in [3.8, 4) is 11.5 Å². The number of hydrogen-bond acceptors (Lipinski definition) is 15. The smallest absolute Gasteiger partial charge is 0.410 e. The quantitative estimate of drug-likeness (QED) is 0.236. The molecule has 0 unspecified atom stereocenters. The van der Waals surface area contributed by atoms with E-state index in [-0.39, 0.29) is 50.0 Å². The van der Waals surface area contributed by atoms with E-state index in [2.05, 4.69) is 16.0 Å².